The summed E-state index contributed by atoms with van der Waals surface area (Å²) < 4.78 is 5.51. The van der Waals surface area contributed by atoms with E-state index in [9.17, 15) is 19.5 Å². The molecule has 0 saturated carbocycles. The molecule has 0 bridgehead atoms. The molecule has 4 unspecified atom stereocenters. The first-order chi connectivity index (χ1) is 20.8. The van der Waals surface area contributed by atoms with Gasteiger partial charge in [-0.05, 0) is 62.6 Å². The highest BCUT2D eigenvalue weighted by Crippen LogP contribution is 2.25. The first-order valence-corrected chi connectivity index (χ1v) is 15.2. The summed E-state index contributed by atoms with van der Waals surface area (Å²) in [6.07, 6.45) is -1.06. The van der Waals surface area contributed by atoms with Crippen LogP contribution in [-0.2, 0) is 33.7 Å². The van der Waals surface area contributed by atoms with Crippen molar-refractivity contribution in [2.45, 2.75) is 84.2 Å². The topological polar surface area (TPSA) is 122 Å². The predicted octanol–water partition coefficient (Wildman–Crippen LogP) is 5.27. The van der Waals surface area contributed by atoms with E-state index in [0.29, 0.717) is 12.8 Å². The number of aliphatic hydroxyl groups is 1. The van der Waals surface area contributed by atoms with Crippen LogP contribution < -0.4 is 11.1 Å². The zero-order valence-electron chi connectivity index (χ0n) is 26.5. The molecule has 0 aliphatic carbocycles. The minimum Gasteiger partial charge on any atom is -0.444 e. The molecule has 3 rings (SSSR count). The number of benzene rings is 3. The molecule has 0 aliphatic rings. The summed E-state index contributed by atoms with van der Waals surface area (Å²) in [4.78, 5) is 41.7. The van der Waals surface area contributed by atoms with Crippen molar-refractivity contribution >= 4 is 17.9 Å². The number of nitrogens with zero attached hydrogens (tertiary/aromatic N) is 1. The van der Waals surface area contributed by atoms with E-state index in [1.165, 1.54) is 0 Å². The number of aliphatic hydroxyl groups excluding tert-OH is 1. The molecule has 44 heavy (non-hydrogen) atoms. The number of primary amides is 1. The molecule has 4 N–H and O–H groups in total. The quantitative estimate of drug-likeness (QED) is 0.232. The van der Waals surface area contributed by atoms with Gasteiger partial charge in [0.05, 0.1) is 12.1 Å². The Morgan fingerprint density at radius 2 is 1.30 bits per heavy atom. The molecule has 236 valence electrons. The fourth-order valence-electron chi connectivity index (χ4n) is 5.41. The van der Waals surface area contributed by atoms with Crippen molar-refractivity contribution in [2.75, 3.05) is 0 Å². The van der Waals surface area contributed by atoms with Crippen molar-refractivity contribution in [3.8, 4) is 0 Å². The standard InChI is InChI=1S/C36H47N3O5/c1-25(2)32(33(37)41)39(24-28-19-13-8-14-20-28)34(42)29(21-26-15-9-6-10-16-26)23-31(40)30(22-27-17-11-7-12-18-27)38-35(43)44-36(3,4)5/h6-20,25,29-32,40H,21-24H2,1-5H3,(H2,37,41)(H,38,43). The van der Waals surface area contributed by atoms with Crippen LogP contribution in [0, 0.1) is 11.8 Å². The lowest BCUT2D eigenvalue weighted by atomic mass is 9.87. The average molecular weight is 602 g/mol. The zero-order chi connectivity index (χ0) is 32.3. The van der Waals surface area contributed by atoms with Crippen molar-refractivity contribution in [3.63, 3.8) is 0 Å². The maximum atomic E-state index is 14.5. The first-order valence-electron chi connectivity index (χ1n) is 15.2. The van der Waals surface area contributed by atoms with Crippen molar-refractivity contribution in [3.05, 3.63) is 108 Å². The molecule has 8 nitrogen and oxygen atoms in total. The van der Waals surface area contributed by atoms with Crippen LogP contribution in [0.25, 0.3) is 0 Å². The van der Waals surface area contributed by atoms with Gasteiger partial charge in [-0.3, -0.25) is 9.59 Å². The number of hydrogen-bond donors (Lipinski definition) is 3. The minimum atomic E-state index is -1.11. The third kappa shape index (κ3) is 10.8. The summed E-state index contributed by atoms with van der Waals surface area (Å²) in [7, 11) is 0. The lowest BCUT2D eigenvalue weighted by molar-refractivity contribution is -0.146. The van der Waals surface area contributed by atoms with Crippen molar-refractivity contribution in [1.82, 2.24) is 10.2 Å². The minimum absolute atomic E-state index is 0.0376. The third-order valence-electron chi connectivity index (χ3n) is 7.40. The Balaban J connectivity index is 1.98. The molecule has 0 heterocycles. The van der Waals surface area contributed by atoms with E-state index in [-0.39, 0.29) is 24.8 Å². The van der Waals surface area contributed by atoms with Crippen molar-refractivity contribution in [2.24, 2.45) is 17.6 Å². The summed E-state index contributed by atoms with van der Waals surface area (Å²) >= 11 is 0. The van der Waals surface area contributed by atoms with Gasteiger partial charge in [0.2, 0.25) is 11.8 Å². The predicted molar refractivity (Wildman–Crippen MR) is 172 cm³/mol. The van der Waals surface area contributed by atoms with Crippen LogP contribution in [0.3, 0.4) is 0 Å². The van der Waals surface area contributed by atoms with Crippen LogP contribution in [0.2, 0.25) is 0 Å². The summed E-state index contributed by atoms with van der Waals surface area (Å²) in [6.45, 7) is 9.24. The van der Waals surface area contributed by atoms with E-state index in [1.54, 1.807) is 25.7 Å². The summed E-state index contributed by atoms with van der Waals surface area (Å²) in [5, 5.41) is 14.6. The SMILES string of the molecule is CC(C)C(C(N)=O)N(Cc1ccccc1)C(=O)C(Cc1ccccc1)CC(O)C(Cc1ccccc1)NC(=O)OC(C)(C)C. The largest absolute Gasteiger partial charge is 0.444 e. The third-order valence-corrected chi connectivity index (χ3v) is 7.40. The number of hydrogen-bond acceptors (Lipinski definition) is 5. The van der Waals surface area contributed by atoms with Gasteiger partial charge in [0, 0.05) is 12.5 Å². The highest BCUT2D eigenvalue weighted by Gasteiger charge is 2.37. The summed E-state index contributed by atoms with van der Waals surface area (Å²) in [5.74, 6) is -1.82. The van der Waals surface area contributed by atoms with E-state index >= 15 is 0 Å². The molecule has 4 atom stereocenters. The number of rotatable bonds is 14. The van der Waals surface area contributed by atoms with Gasteiger partial charge in [0.15, 0.2) is 0 Å². The lowest BCUT2D eigenvalue weighted by Crippen LogP contribution is -2.53. The molecule has 0 aromatic heterocycles. The molecule has 3 aromatic rings. The van der Waals surface area contributed by atoms with Gasteiger partial charge in [0.1, 0.15) is 11.6 Å². The lowest BCUT2D eigenvalue weighted by Gasteiger charge is -2.36. The number of nitrogens with one attached hydrogen (secondary N) is 1. The maximum absolute atomic E-state index is 14.5. The monoisotopic (exact) mass is 601 g/mol. The van der Waals surface area contributed by atoms with E-state index in [1.807, 2.05) is 105 Å². The number of ether oxygens (including phenoxy) is 1. The van der Waals surface area contributed by atoms with Crippen LogP contribution in [0.5, 0.6) is 0 Å². The molecule has 8 heteroatoms. The number of alkyl carbamates (subject to hydrolysis) is 1. The Bertz CT molecular complexity index is 1330. The second-order valence-electron chi connectivity index (χ2n) is 12.7. The van der Waals surface area contributed by atoms with Crippen LogP contribution in [0.15, 0.2) is 91.0 Å². The van der Waals surface area contributed by atoms with Gasteiger partial charge in [-0.2, -0.15) is 0 Å². The van der Waals surface area contributed by atoms with Gasteiger partial charge < -0.3 is 25.8 Å². The number of nitrogens with two attached hydrogens (primary N) is 1. The Morgan fingerprint density at radius 3 is 1.75 bits per heavy atom. The first kappa shape index (κ1) is 34.3. The number of carbonyl (C=O) groups is 3. The Morgan fingerprint density at radius 1 is 0.818 bits per heavy atom. The molecular formula is C36H47N3O5. The molecular weight excluding hydrogens is 554 g/mol. The van der Waals surface area contributed by atoms with Gasteiger partial charge in [0.25, 0.3) is 0 Å². The van der Waals surface area contributed by atoms with Crippen LogP contribution in [-0.4, -0.2) is 51.7 Å². The zero-order valence-corrected chi connectivity index (χ0v) is 26.5. The van der Waals surface area contributed by atoms with E-state index in [4.69, 9.17) is 10.5 Å². The van der Waals surface area contributed by atoms with E-state index in [0.717, 1.165) is 16.7 Å². The fraction of sp³-hybridized carbons (Fsp3) is 0.417. The second-order valence-corrected chi connectivity index (χ2v) is 12.7. The van der Waals surface area contributed by atoms with Crippen molar-refractivity contribution < 1.29 is 24.2 Å². The Kier molecular flexibility index (Phi) is 12.5. The molecule has 0 saturated heterocycles. The Labute approximate surface area is 261 Å². The van der Waals surface area contributed by atoms with Crippen LogP contribution in [0.4, 0.5) is 4.79 Å². The van der Waals surface area contributed by atoms with Gasteiger partial charge >= 0.3 is 6.09 Å². The van der Waals surface area contributed by atoms with E-state index in [2.05, 4.69) is 5.32 Å². The average Bonchev–Trinajstić information content (AvgIpc) is 2.96. The number of amides is 3. The normalized spacial score (nSPS) is 14.2. The second kappa shape index (κ2) is 16.1. The highest BCUT2D eigenvalue weighted by atomic mass is 16.6. The van der Waals surface area contributed by atoms with Gasteiger partial charge in [-0.1, -0.05) is 105 Å². The smallest absolute Gasteiger partial charge is 0.407 e. The number of carbonyl (C=O) groups excluding carboxylic acids is 3. The maximum Gasteiger partial charge on any atom is 0.407 e. The fourth-order valence-corrected chi connectivity index (χ4v) is 5.41. The van der Waals surface area contributed by atoms with Crippen LogP contribution in [0.1, 0.15) is 57.7 Å². The van der Waals surface area contributed by atoms with Crippen LogP contribution >= 0.6 is 0 Å². The molecule has 0 fully saturated rings. The summed E-state index contributed by atoms with van der Waals surface area (Å²) in [6, 6.07) is 27.0. The van der Waals surface area contributed by atoms with Gasteiger partial charge in [-0.25, -0.2) is 4.79 Å². The molecule has 3 amide bonds. The Hall–Kier alpha value is -4.17. The molecule has 0 spiro atoms. The molecule has 0 radical (unpaired) electrons. The van der Waals surface area contributed by atoms with E-state index < -0.39 is 41.7 Å². The van der Waals surface area contributed by atoms with Crippen molar-refractivity contribution in [1.29, 1.82) is 0 Å². The molecule has 0 aliphatic heterocycles. The highest BCUT2D eigenvalue weighted by molar-refractivity contribution is 5.88. The summed E-state index contributed by atoms with van der Waals surface area (Å²) in [5.41, 5.74) is 7.84. The van der Waals surface area contributed by atoms with Gasteiger partial charge in [-0.15, -0.1) is 0 Å². The molecule has 3 aromatic carbocycles.